The largest absolute Gasteiger partial charge is 0.341 e. The molecule has 0 radical (unpaired) electrons. The fraction of sp³-hybridized carbons (Fsp3) is 0.417. The first kappa shape index (κ1) is 13.5. The Labute approximate surface area is 115 Å². The zero-order chi connectivity index (χ0) is 13.7. The van der Waals surface area contributed by atoms with E-state index in [-0.39, 0.29) is 0 Å². The van der Waals surface area contributed by atoms with Gasteiger partial charge in [-0.1, -0.05) is 15.9 Å². The summed E-state index contributed by atoms with van der Waals surface area (Å²) in [6.45, 7) is 5.26. The third-order valence-corrected chi connectivity index (χ3v) is 5.74. The molecule has 0 amide bonds. The first-order valence-corrected chi connectivity index (χ1v) is 8.17. The lowest BCUT2D eigenvalue weighted by Crippen LogP contribution is -2.29. The van der Waals surface area contributed by atoms with Crippen LogP contribution in [0.3, 0.4) is 0 Å². The van der Waals surface area contributed by atoms with E-state index in [0.717, 1.165) is 21.1 Å². The predicted molar refractivity (Wildman–Crippen MR) is 76.4 cm³/mol. The summed E-state index contributed by atoms with van der Waals surface area (Å²) >= 11 is 3.42. The zero-order valence-corrected chi connectivity index (χ0v) is 13.1. The Balaban J connectivity index is 2.72. The van der Waals surface area contributed by atoms with E-state index in [1.165, 1.54) is 6.26 Å². The summed E-state index contributed by atoms with van der Waals surface area (Å²) in [6, 6.07) is 3.86. The average Bonchev–Trinajstić information content (AvgIpc) is 2.59. The van der Waals surface area contributed by atoms with Crippen molar-refractivity contribution in [2.45, 2.75) is 25.5 Å². The second-order valence-corrected chi connectivity index (χ2v) is 8.47. The number of aromatic nitrogens is 2. The van der Waals surface area contributed by atoms with Crippen LogP contribution in [-0.4, -0.2) is 24.6 Å². The maximum atomic E-state index is 11.8. The molecule has 0 bridgehead atoms. The van der Waals surface area contributed by atoms with Crippen molar-refractivity contribution < 1.29 is 8.42 Å². The summed E-state index contributed by atoms with van der Waals surface area (Å²) < 4.78 is 23.5. The highest BCUT2D eigenvalue weighted by atomic mass is 79.9. The lowest BCUT2D eigenvalue weighted by atomic mass is 10.2. The van der Waals surface area contributed by atoms with E-state index in [4.69, 9.17) is 0 Å². The van der Waals surface area contributed by atoms with Crippen LogP contribution in [0.15, 0.2) is 16.6 Å². The van der Waals surface area contributed by atoms with Gasteiger partial charge < -0.3 is 4.98 Å². The van der Waals surface area contributed by atoms with Crippen molar-refractivity contribution in [1.29, 1.82) is 0 Å². The van der Waals surface area contributed by atoms with Gasteiger partial charge in [0, 0.05) is 10.7 Å². The van der Waals surface area contributed by atoms with E-state index in [9.17, 15) is 8.42 Å². The van der Waals surface area contributed by atoms with Crippen molar-refractivity contribution in [2.24, 2.45) is 0 Å². The number of halogens is 1. The van der Waals surface area contributed by atoms with Crippen molar-refractivity contribution >= 4 is 36.8 Å². The summed E-state index contributed by atoms with van der Waals surface area (Å²) in [7, 11) is -3.23. The van der Waals surface area contributed by atoms with Gasteiger partial charge in [-0.25, -0.2) is 13.4 Å². The molecule has 0 saturated heterocycles. The number of fused-ring (bicyclic) bond motifs is 1. The van der Waals surface area contributed by atoms with Crippen LogP contribution in [0.1, 0.15) is 25.2 Å². The molecule has 1 aromatic carbocycles. The van der Waals surface area contributed by atoms with Gasteiger partial charge in [0.2, 0.25) is 0 Å². The fourth-order valence-corrected chi connectivity index (χ4v) is 2.73. The summed E-state index contributed by atoms with van der Waals surface area (Å²) in [5.74, 6) is 0.473. The molecule has 2 aromatic rings. The van der Waals surface area contributed by atoms with Crippen molar-refractivity contribution in [3.8, 4) is 0 Å². The van der Waals surface area contributed by atoms with E-state index < -0.39 is 14.6 Å². The van der Waals surface area contributed by atoms with Gasteiger partial charge in [0.15, 0.2) is 9.84 Å². The fourth-order valence-electron chi connectivity index (χ4n) is 1.71. The standard InChI is InChI=1S/C12H15BrN2O2S/c1-7-5-8(13)6-9-10(7)15-11(14-9)12(2,3)18(4,16)17/h5-6H,1-4H3,(H,14,15). The third-order valence-electron chi connectivity index (χ3n) is 3.24. The highest BCUT2D eigenvalue weighted by Gasteiger charge is 2.35. The van der Waals surface area contributed by atoms with Gasteiger partial charge in [0.05, 0.1) is 11.0 Å². The minimum atomic E-state index is -3.23. The molecule has 0 atom stereocenters. The Morgan fingerprint density at radius 1 is 1.33 bits per heavy atom. The number of benzene rings is 1. The molecular formula is C12H15BrN2O2S. The molecule has 0 aliphatic carbocycles. The molecule has 1 N–H and O–H groups in total. The number of sulfone groups is 1. The van der Waals surface area contributed by atoms with Crippen molar-refractivity contribution in [1.82, 2.24) is 9.97 Å². The predicted octanol–water partition coefficient (Wildman–Crippen LogP) is 2.91. The van der Waals surface area contributed by atoms with Gasteiger partial charge in [-0.05, 0) is 38.5 Å². The molecule has 2 rings (SSSR count). The molecule has 0 aliphatic rings. The van der Waals surface area contributed by atoms with Crippen LogP contribution in [0.25, 0.3) is 11.0 Å². The molecule has 1 aromatic heterocycles. The minimum Gasteiger partial charge on any atom is -0.341 e. The van der Waals surface area contributed by atoms with Gasteiger partial charge in [0.25, 0.3) is 0 Å². The van der Waals surface area contributed by atoms with E-state index in [2.05, 4.69) is 25.9 Å². The SMILES string of the molecule is Cc1cc(Br)cc2[nH]c(C(C)(C)S(C)(=O)=O)nc12. The lowest BCUT2D eigenvalue weighted by Gasteiger charge is -2.19. The Morgan fingerprint density at radius 2 is 1.94 bits per heavy atom. The van der Waals surface area contributed by atoms with E-state index in [1.807, 2.05) is 19.1 Å². The van der Waals surface area contributed by atoms with Crippen LogP contribution < -0.4 is 0 Å². The number of rotatable bonds is 2. The number of nitrogens with zero attached hydrogens (tertiary/aromatic N) is 1. The maximum Gasteiger partial charge on any atom is 0.159 e. The van der Waals surface area contributed by atoms with Gasteiger partial charge in [-0.2, -0.15) is 0 Å². The molecule has 1 heterocycles. The molecule has 0 aliphatic heterocycles. The smallest absolute Gasteiger partial charge is 0.159 e. The number of H-pyrrole nitrogens is 1. The summed E-state index contributed by atoms with van der Waals surface area (Å²) in [5, 5.41) is 0. The molecule has 4 nitrogen and oxygen atoms in total. The molecule has 98 valence electrons. The van der Waals surface area contributed by atoms with Gasteiger partial charge in [-0.3, -0.25) is 0 Å². The maximum absolute atomic E-state index is 11.8. The highest BCUT2D eigenvalue weighted by Crippen LogP contribution is 2.30. The Bertz CT molecular complexity index is 717. The summed E-state index contributed by atoms with van der Waals surface area (Å²) in [4.78, 5) is 7.54. The van der Waals surface area contributed by atoms with Crippen LogP contribution in [0.5, 0.6) is 0 Å². The minimum absolute atomic E-state index is 0.473. The third kappa shape index (κ3) is 2.07. The molecule has 0 unspecified atom stereocenters. The van der Waals surface area contributed by atoms with Crippen molar-refractivity contribution in [3.05, 3.63) is 28.0 Å². The number of aryl methyl sites for hydroxylation is 1. The molecule has 0 saturated carbocycles. The van der Waals surface area contributed by atoms with Gasteiger partial charge in [0.1, 0.15) is 10.6 Å². The van der Waals surface area contributed by atoms with Crippen LogP contribution in [-0.2, 0) is 14.6 Å². The molecule has 0 fully saturated rings. The zero-order valence-electron chi connectivity index (χ0n) is 10.7. The van der Waals surface area contributed by atoms with Crippen molar-refractivity contribution in [2.75, 3.05) is 6.26 Å². The first-order chi connectivity index (χ1) is 8.13. The molecule has 0 spiro atoms. The number of hydrogen-bond acceptors (Lipinski definition) is 3. The van der Waals surface area contributed by atoms with Gasteiger partial charge >= 0.3 is 0 Å². The summed E-state index contributed by atoms with van der Waals surface area (Å²) in [5.41, 5.74) is 2.66. The van der Waals surface area contributed by atoms with Crippen LogP contribution >= 0.6 is 15.9 Å². The molecular weight excluding hydrogens is 316 g/mol. The van der Waals surface area contributed by atoms with E-state index >= 15 is 0 Å². The summed E-state index contributed by atoms with van der Waals surface area (Å²) in [6.07, 6.45) is 1.23. The second-order valence-electron chi connectivity index (χ2n) is 4.99. The van der Waals surface area contributed by atoms with Crippen LogP contribution in [0.2, 0.25) is 0 Å². The molecule has 6 heteroatoms. The van der Waals surface area contributed by atoms with Crippen LogP contribution in [0.4, 0.5) is 0 Å². The second kappa shape index (κ2) is 4.06. The highest BCUT2D eigenvalue weighted by molar-refractivity contribution is 9.10. The lowest BCUT2D eigenvalue weighted by molar-refractivity contribution is 0.552. The average molecular weight is 331 g/mol. The Hall–Kier alpha value is -0.880. The number of aromatic amines is 1. The van der Waals surface area contributed by atoms with E-state index in [1.54, 1.807) is 13.8 Å². The van der Waals surface area contributed by atoms with Crippen LogP contribution in [0, 0.1) is 6.92 Å². The van der Waals surface area contributed by atoms with Crippen molar-refractivity contribution in [3.63, 3.8) is 0 Å². The van der Waals surface area contributed by atoms with Gasteiger partial charge in [-0.15, -0.1) is 0 Å². The monoisotopic (exact) mass is 330 g/mol. The molecule has 18 heavy (non-hydrogen) atoms. The quantitative estimate of drug-likeness (QED) is 0.920. The first-order valence-electron chi connectivity index (χ1n) is 5.49. The normalized spacial score (nSPS) is 13.2. The number of hydrogen-bond donors (Lipinski definition) is 1. The number of nitrogens with one attached hydrogen (secondary N) is 1. The Morgan fingerprint density at radius 3 is 2.50 bits per heavy atom. The van der Waals surface area contributed by atoms with E-state index in [0.29, 0.717) is 5.82 Å². The number of imidazole rings is 1. The topological polar surface area (TPSA) is 62.8 Å². The Kier molecular flexibility index (Phi) is 3.06.